The molecule has 1 aromatic carbocycles. The molecule has 0 bridgehead atoms. The first-order valence-electron chi connectivity index (χ1n) is 8.03. The fraction of sp³-hybridized carbons (Fsp3) is 0.375. The SMILES string of the molecule is CC(C)c1nc(CCOC(N)=O)n(CF)c1S(=O)(=O)Oc1cc(F)cc(F)c1. The zero-order chi connectivity index (χ0) is 21.1. The van der Waals surface area contributed by atoms with Crippen LogP contribution in [0.2, 0.25) is 0 Å². The average Bonchev–Trinajstić information content (AvgIpc) is 2.92. The number of aromatic nitrogens is 2. The van der Waals surface area contributed by atoms with Crippen LogP contribution in [-0.2, 0) is 28.1 Å². The molecule has 2 aromatic rings. The van der Waals surface area contributed by atoms with Gasteiger partial charge in [-0.1, -0.05) is 13.8 Å². The van der Waals surface area contributed by atoms with Crippen LogP contribution < -0.4 is 9.92 Å². The van der Waals surface area contributed by atoms with Gasteiger partial charge in [-0.15, -0.1) is 0 Å². The van der Waals surface area contributed by atoms with Crippen molar-refractivity contribution in [3.05, 3.63) is 41.4 Å². The first-order chi connectivity index (χ1) is 13.0. The predicted octanol–water partition coefficient (Wildman–Crippen LogP) is 2.62. The Morgan fingerprint density at radius 2 is 1.86 bits per heavy atom. The van der Waals surface area contributed by atoms with E-state index in [1.54, 1.807) is 13.8 Å². The topological polar surface area (TPSA) is 114 Å². The second-order valence-corrected chi connectivity index (χ2v) is 7.44. The number of benzene rings is 1. The second-order valence-electron chi connectivity index (χ2n) is 5.98. The molecule has 0 unspecified atom stereocenters. The Hall–Kier alpha value is -2.76. The third kappa shape index (κ3) is 4.94. The van der Waals surface area contributed by atoms with Gasteiger partial charge in [-0.25, -0.2) is 22.9 Å². The van der Waals surface area contributed by atoms with Gasteiger partial charge in [0, 0.05) is 24.6 Å². The van der Waals surface area contributed by atoms with Crippen molar-refractivity contribution < 1.29 is 35.3 Å². The Morgan fingerprint density at radius 3 is 2.36 bits per heavy atom. The monoisotopic (exact) mass is 421 g/mol. The summed E-state index contributed by atoms with van der Waals surface area (Å²) in [4.78, 5) is 14.8. The number of ether oxygens (including phenoxy) is 1. The molecule has 28 heavy (non-hydrogen) atoms. The summed E-state index contributed by atoms with van der Waals surface area (Å²) in [6.45, 7) is 1.71. The fourth-order valence-electron chi connectivity index (χ4n) is 2.44. The predicted molar refractivity (Wildman–Crippen MR) is 90.8 cm³/mol. The van der Waals surface area contributed by atoms with Crippen LogP contribution in [-0.4, -0.2) is 30.7 Å². The average molecular weight is 421 g/mol. The molecule has 0 saturated carbocycles. The normalized spacial score (nSPS) is 11.6. The Morgan fingerprint density at radius 1 is 1.25 bits per heavy atom. The van der Waals surface area contributed by atoms with Crippen LogP contribution in [0.3, 0.4) is 0 Å². The fourth-order valence-corrected chi connectivity index (χ4v) is 3.83. The summed E-state index contributed by atoms with van der Waals surface area (Å²) in [7, 11) is -4.69. The Kier molecular flexibility index (Phi) is 6.54. The lowest BCUT2D eigenvalue weighted by Gasteiger charge is -2.12. The van der Waals surface area contributed by atoms with Gasteiger partial charge >= 0.3 is 16.2 Å². The van der Waals surface area contributed by atoms with E-state index in [2.05, 4.69) is 9.72 Å². The quantitative estimate of drug-likeness (QED) is 0.656. The maximum Gasteiger partial charge on any atom is 0.404 e. The van der Waals surface area contributed by atoms with Crippen molar-refractivity contribution in [3.8, 4) is 5.75 Å². The van der Waals surface area contributed by atoms with Crippen LogP contribution in [0.1, 0.15) is 31.3 Å². The minimum atomic E-state index is -4.69. The van der Waals surface area contributed by atoms with Gasteiger partial charge < -0.3 is 14.7 Å². The number of halogens is 3. The number of amides is 1. The van der Waals surface area contributed by atoms with Gasteiger partial charge in [0.05, 0.1) is 5.69 Å². The molecule has 2 N–H and O–H groups in total. The molecular formula is C16H18F3N3O5S. The molecule has 0 spiro atoms. The number of hydrogen-bond acceptors (Lipinski definition) is 6. The number of alkyl halides is 1. The van der Waals surface area contributed by atoms with E-state index in [9.17, 15) is 26.4 Å². The molecular weight excluding hydrogens is 403 g/mol. The Labute approximate surface area is 159 Å². The number of rotatable bonds is 8. The largest absolute Gasteiger partial charge is 0.449 e. The summed E-state index contributed by atoms with van der Waals surface area (Å²) >= 11 is 0. The zero-order valence-corrected chi connectivity index (χ0v) is 15.8. The minimum Gasteiger partial charge on any atom is -0.449 e. The van der Waals surface area contributed by atoms with Crippen LogP contribution in [0.15, 0.2) is 23.2 Å². The molecule has 1 amide bonds. The van der Waals surface area contributed by atoms with E-state index in [1.165, 1.54) is 0 Å². The van der Waals surface area contributed by atoms with Gasteiger partial charge in [0.1, 0.15) is 29.8 Å². The highest BCUT2D eigenvalue weighted by Gasteiger charge is 2.31. The number of carbonyl (C=O) groups excluding carboxylic acids is 1. The van der Waals surface area contributed by atoms with Crippen molar-refractivity contribution in [1.29, 1.82) is 0 Å². The molecule has 1 heterocycles. The summed E-state index contributed by atoms with van der Waals surface area (Å²) < 4.78 is 75.8. The van der Waals surface area contributed by atoms with Crippen molar-refractivity contribution in [2.75, 3.05) is 6.61 Å². The van der Waals surface area contributed by atoms with E-state index >= 15 is 0 Å². The van der Waals surface area contributed by atoms with Gasteiger partial charge in [-0.3, -0.25) is 4.57 Å². The van der Waals surface area contributed by atoms with Crippen molar-refractivity contribution in [2.24, 2.45) is 5.73 Å². The van der Waals surface area contributed by atoms with E-state index in [1.807, 2.05) is 0 Å². The van der Waals surface area contributed by atoms with Crippen molar-refractivity contribution >= 4 is 16.2 Å². The molecule has 0 radical (unpaired) electrons. The molecule has 0 aliphatic heterocycles. The van der Waals surface area contributed by atoms with E-state index in [-0.39, 0.29) is 24.5 Å². The van der Waals surface area contributed by atoms with Gasteiger partial charge in [0.2, 0.25) is 0 Å². The number of nitrogens with two attached hydrogens (primary N) is 1. The molecule has 0 aliphatic carbocycles. The molecule has 8 nitrogen and oxygen atoms in total. The standard InChI is InChI=1S/C16H18F3N3O5S/c1-9(2)14-15(22(8-17)13(21-14)3-4-26-16(20)23)28(24,25)27-12-6-10(18)5-11(19)7-12/h5-7,9H,3-4,8H2,1-2H3,(H2,20,23). The highest BCUT2D eigenvalue weighted by Crippen LogP contribution is 2.29. The van der Waals surface area contributed by atoms with Crippen LogP contribution in [0.5, 0.6) is 5.75 Å². The first-order valence-corrected chi connectivity index (χ1v) is 9.44. The van der Waals surface area contributed by atoms with Crippen molar-refractivity contribution in [3.63, 3.8) is 0 Å². The van der Waals surface area contributed by atoms with Gasteiger partial charge in [-0.2, -0.15) is 8.42 Å². The Bertz CT molecular complexity index is 956. The summed E-state index contributed by atoms with van der Waals surface area (Å²) in [6.07, 6.45) is -1.16. The molecule has 0 fully saturated rings. The number of nitrogens with zero attached hydrogens (tertiary/aromatic N) is 2. The highest BCUT2D eigenvalue weighted by molar-refractivity contribution is 7.87. The lowest BCUT2D eigenvalue weighted by Crippen LogP contribution is -2.19. The molecule has 12 heteroatoms. The smallest absolute Gasteiger partial charge is 0.404 e. The zero-order valence-electron chi connectivity index (χ0n) is 15.0. The molecule has 154 valence electrons. The molecule has 0 aliphatic rings. The van der Waals surface area contributed by atoms with E-state index < -0.39 is 51.3 Å². The number of hydrogen-bond donors (Lipinski definition) is 1. The van der Waals surface area contributed by atoms with Gasteiger partial charge in [0.25, 0.3) is 0 Å². The van der Waals surface area contributed by atoms with Gasteiger partial charge in [0.15, 0.2) is 11.8 Å². The number of carbonyl (C=O) groups is 1. The third-order valence-corrected chi connectivity index (χ3v) is 4.86. The summed E-state index contributed by atoms with van der Waals surface area (Å²) in [5.41, 5.74) is 4.84. The summed E-state index contributed by atoms with van der Waals surface area (Å²) in [5, 5.41) is -0.594. The maximum atomic E-state index is 13.7. The van der Waals surface area contributed by atoms with Crippen LogP contribution in [0.25, 0.3) is 0 Å². The van der Waals surface area contributed by atoms with Gasteiger partial charge in [-0.05, 0) is 5.92 Å². The lowest BCUT2D eigenvalue weighted by molar-refractivity contribution is 0.156. The van der Waals surface area contributed by atoms with Crippen LogP contribution in [0, 0.1) is 11.6 Å². The molecule has 0 atom stereocenters. The van der Waals surface area contributed by atoms with E-state index in [0.717, 1.165) is 4.57 Å². The summed E-state index contributed by atoms with van der Waals surface area (Å²) in [5.74, 6) is -3.19. The molecule has 0 saturated heterocycles. The van der Waals surface area contributed by atoms with E-state index in [4.69, 9.17) is 9.92 Å². The number of imidazole rings is 1. The van der Waals surface area contributed by atoms with Crippen LogP contribution >= 0.6 is 0 Å². The highest BCUT2D eigenvalue weighted by atomic mass is 32.2. The third-order valence-electron chi connectivity index (χ3n) is 3.54. The van der Waals surface area contributed by atoms with E-state index in [0.29, 0.717) is 18.2 Å². The van der Waals surface area contributed by atoms with Crippen molar-refractivity contribution in [1.82, 2.24) is 9.55 Å². The first kappa shape index (κ1) is 21.5. The number of primary amides is 1. The minimum absolute atomic E-state index is 0.0106. The van der Waals surface area contributed by atoms with Crippen molar-refractivity contribution in [2.45, 2.75) is 38.0 Å². The van der Waals surface area contributed by atoms with Crippen LogP contribution in [0.4, 0.5) is 18.0 Å². The summed E-state index contributed by atoms with van der Waals surface area (Å²) in [6, 6.07) is 1.89. The molecule has 2 rings (SSSR count). The maximum absolute atomic E-state index is 13.7. The second kappa shape index (κ2) is 8.50. The molecule has 1 aromatic heterocycles. The lowest BCUT2D eigenvalue weighted by atomic mass is 10.1. The Balaban J connectivity index is 2.48.